The molecule has 2 nitrogen and oxygen atoms in total. The van der Waals surface area contributed by atoms with E-state index in [-0.39, 0.29) is 0 Å². The highest BCUT2D eigenvalue weighted by atomic mass is 14.9. The van der Waals surface area contributed by atoms with E-state index in [4.69, 9.17) is 5.73 Å². The van der Waals surface area contributed by atoms with Crippen LogP contribution in [0.1, 0.15) is 6.92 Å². The van der Waals surface area contributed by atoms with Crippen LogP contribution in [0, 0.1) is 0 Å². The molecule has 1 unspecified atom stereocenters. The number of rotatable bonds is 3. The molecule has 0 radical (unpaired) electrons. The fourth-order valence-corrected chi connectivity index (χ4v) is 0.275. The summed E-state index contributed by atoms with van der Waals surface area (Å²) in [6, 6.07) is 0.301. The Balaban J connectivity index is 3.23. The molecule has 0 heterocycles. The average molecular weight is 112 g/mol. The fourth-order valence-electron chi connectivity index (χ4n) is 0.275. The minimum atomic E-state index is 0.301. The van der Waals surface area contributed by atoms with Crippen LogP contribution in [0.15, 0.2) is 25.1 Å². The van der Waals surface area contributed by atoms with Crippen LogP contribution in [0.3, 0.4) is 0 Å². The van der Waals surface area contributed by atoms with Crippen LogP contribution >= 0.6 is 0 Å². The normalized spacial score (nSPS) is 13.6. The molecule has 0 aliphatic heterocycles. The van der Waals surface area contributed by atoms with Crippen molar-refractivity contribution in [3.05, 3.63) is 25.1 Å². The molecule has 0 fully saturated rings. The molecule has 0 aromatic rings. The van der Waals surface area contributed by atoms with Gasteiger partial charge in [-0.1, -0.05) is 6.08 Å². The van der Waals surface area contributed by atoms with Crippen LogP contribution < -0.4 is 11.1 Å². The first-order valence-electron chi connectivity index (χ1n) is 2.56. The molecule has 0 aromatic carbocycles. The van der Waals surface area contributed by atoms with Crippen LogP contribution in [-0.4, -0.2) is 6.04 Å². The van der Waals surface area contributed by atoms with Crippen molar-refractivity contribution >= 4 is 0 Å². The van der Waals surface area contributed by atoms with E-state index in [0.717, 1.165) is 0 Å². The number of nitrogens with two attached hydrogens (primary N) is 1. The van der Waals surface area contributed by atoms with Crippen LogP contribution in [-0.2, 0) is 0 Å². The quantitative estimate of drug-likeness (QED) is 0.524. The summed E-state index contributed by atoms with van der Waals surface area (Å²) in [4.78, 5) is 0. The second kappa shape index (κ2) is 4.24. The lowest BCUT2D eigenvalue weighted by molar-refractivity contribution is 0.770. The van der Waals surface area contributed by atoms with E-state index in [2.05, 4.69) is 11.9 Å². The molecule has 2 heteroatoms. The van der Waals surface area contributed by atoms with Crippen molar-refractivity contribution in [1.82, 2.24) is 5.32 Å². The second-order valence-electron chi connectivity index (χ2n) is 1.55. The molecule has 0 saturated heterocycles. The third-order valence-corrected chi connectivity index (χ3v) is 0.809. The Labute approximate surface area is 50.1 Å². The number of hydrogen-bond acceptors (Lipinski definition) is 2. The lowest BCUT2D eigenvalue weighted by atomic mass is 10.3. The van der Waals surface area contributed by atoms with Crippen LogP contribution in [0.2, 0.25) is 0 Å². The van der Waals surface area contributed by atoms with E-state index in [9.17, 15) is 0 Å². The summed E-state index contributed by atoms with van der Waals surface area (Å²) in [6.45, 7) is 5.57. The SMILES string of the molecule is C=CC(C)N/C=C\N. The van der Waals surface area contributed by atoms with E-state index in [0.29, 0.717) is 6.04 Å². The molecule has 0 bridgehead atoms. The van der Waals surface area contributed by atoms with Crippen molar-refractivity contribution < 1.29 is 0 Å². The van der Waals surface area contributed by atoms with Gasteiger partial charge in [0.2, 0.25) is 0 Å². The number of nitrogens with one attached hydrogen (secondary N) is 1. The second-order valence-corrected chi connectivity index (χ2v) is 1.55. The zero-order valence-corrected chi connectivity index (χ0v) is 5.09. The van der Waals surface area contributed by atoms with Crippen molar-refractivity contribution in [2.75, 3.05) is 0 Å². The van der Waals surface area contributed by atoms with E-state index >= 15 is 0 Å². The molecule has 0 spiro atoms. The largest absolute Gasteiger partial charge is 0.403 e. The van der Waals surface area contributed by atoms with Gasteiger partial charge in [-0.05, 0) is 6.92 Å². The summed E-state index contributed by atoms with van der Waals surface area (Å²) in [6.07, 6.45) is 4.95. The standard InChI is InChI=1S/C6H12N2/c1-3-6(2)8-5-4-7/h3-6,8H,1,7H2,2H3/b5-4-. The van der Waals surface area contributed by atoms with E-state index < -0.39 is 0 Å². The van der Waals surface area contributed by atoms with Gasteiger partial charge in [0.15, 0.2) is 0 Å². The van der Waals surface area contributed by atoms with Crippen LogP contribution in [0.4, 0.5) is 0 Å². The molecular formula is C6H12N2. The van der Waals surface area contributed by atoms with Gasteiger partial charge in [0.1, 0.15) is 0 Å². The third-order valence-electron chi connectivity index (χ3n) is 0.809. The Morgan fingerprint density at radius 2 is 2.38 bits per heavy atom. The van der Waals surface area contributed by atoms with Gasteiger partial charge in [-0.25, -0.2) is 0 Å². The molecule has 1 atom stereocenters. The average Bonchev–Trinajstić information content (AvgIpc) is 1.83. The molecular weight excluding hydrogens is 100 g/mol. The highest BCUT2D eigenvalue weighted by molar-refractivity contribution is 4.86. The maximum atomic E-state index is 5.05. The number of hydrogen-bond donors (Lipinski definition) is 2. The first-order chi connectivity index (χ1) is 3.81. The Morgan fingerprint density at radius 1 is 1.75 bits per heavy atom. The van der Waals surface area contributed by atoms with Crippen LogP contribution in [0.5, 0.6) is 0 Å². The minimum Gasteiger partial charge on any atom is -0.403 e. The topological polar surface area (TPSA) is 38.0 Å². The summed E-state index contributed by atoms with van der Waals surface area (Å²) in [5.74, 6) is 0. The summed E-state index contributed by atoms with van der Waals surface area (Å²) < 4.78 is 0. The van der Waals surface area contributed by atoms with Gasteiger partial charge in [-0.3, -0.25) is 0 Å². The Morgan fingerprint density at radius 3 is 2.75 bits per heavy atom. The summed E-state index contributed by atoms with van der Waals surface area (Å²) >= 11 is 0. The Hall–Kier alpha value is -0.920. The summed E-state index contributed by atoms with van der Waals surface area (Å²) in [7, 11) is 0. The molecule has 0 aliphatic rings. The third kappa shape index (κ3) is 3.28. The van der Waals surface area contributed by atoms with Crippen molar-refractivity contribution in [3.63, 3.8) is 0 Å². The predicted molar refractivity (Wildman–Crippen MR) is 36.1 cm³/mol. The first kappa shape index (κ1) is 7.08. The molecule has 3 N–H and O–H groups in total. The van der Waals surface area contributed by atoms with Crippen molar-refractivity contribution in [1.29, 1.82) is 0 Å². The molecule has 0 saturated carbocycles. The van der Waals surface area contributed by atoms with E-state index in [1.165, 1.54) is 6.20 Å². The molecule has 0 aliphatic carbocycles. The highest BCUT2D eigenvalue weighted by Gasteiger charge is 1.84. The lowest BCUT2D eigenvalue weighted by Gasteiger charge is -2.02. The maximum Gasteiger partial charge on any atom is 0.0408 e. The smallest absolute Gasteiger partial charge is 0.0408 e. The lowest BCUT2D eigenvalue weighted by Crippen LogP contribution is -2.16. The van der Waals surface area contributed by atoms with Crippen molar-refractivity contribution in [3.8, 4) is 0 Å². The van der Waals surface area contributed by atoms with E-state index in [1.807, 2.05) is 6.92 Å². The zero-order valence-electron chi connectivity index (χ0n) is 5.09. The van der Waals surface area contributed by atoms with Crippen molar-refractivity contribution in [2.45, 2.75) is 13.0 Å². The van der Waals surface area contributed by atoms with Gasteiger partial charge < -0.3 is 11.1 Å². The van der Waals surface area contributed by atoms with Gasteiger partial charge in [-0.15, -0.1) is 6.58 Å². The van der Waals surface area contributed by atoms with Crippen LogP contribution in [0.25, 0.3) is 0 Å². The predicted octanol–water partition coefficient (Wildman–Crippen LogP) is 0.580. The van der Waals surface area contributed by atoms with Gasteiger partial charge in [0.05, 0.1) is 0 Å². The van der Waals surface area contributed by atoms with Gasteiger partial charge in [0, 0.05) is 18.4 Å². The van der Waals surface area contributed by atoms with Gasteiger partial charge >= 0.3 is 0 Å². The molecule has 8 heavy (non-hydrogen) atoms. The maximum absolute atomic E-state index is 5.05. The van der Waals surface area contributed by atoms with Gasteiger partial charge in [-0.2, -0.15) is 0 Å². The van der Waals surface area contributed by atoms with E-state index in [1.54, 1.807) is 12.3 Å². The summed E-state index contributed by atoms with van der Waals surface area (Å²) in [5, 5.41) is 2.96. The molecule has 0 rings (SSSR count). The van der Waals surface area contributed by atoms with Gasteiger partial charge in [0.25, 0.3) is 0 Å². The molecule has 0 amide bonds. The first-order valence-corrected chi connectivity index (χ1v) is 2.56. The summed E-state index contributed by atoms with van der Waals surface area (Å²) in [5.41, 5.74) is 5.05. The Kier molecular flexibility index (Phi) is 3.76. The molecule has 0 aromatic heterocycles. The van der Waals surface area contributed by atoms with Crippen molar-refractivity contribution in [2.24, 2.45) is 5.73 Å². The highest BCUT2D eigenvalue weighted by Crippen LogP contribution is 1.78. The fraction of sp³-hybridized carbons (Fsp3) is 0.333. The monoisotopic (exact) mass is 112 g/mol. The Bertz CT molecular complexity index is 86.5. The molecule has 46 valence electrons. The zero-order chi connectivity index (χ0) is 6.41. The minimum absolute atomic E-state index is 0.301.